The lowest BCUT2D eigenvalue weighted by molar-refractivity contribution is 0.120. The Hall–Kier alpha value is -0.590. The smallest absolute Gasteiger partial charge is 0.104 e. The molecule has 0 aromatic carbocycles. The first kappa shape index (κ1) is 14.5. The van der Waals surface area contributed by atoms with Gasteiger partial charge in [-0.05, 0) is 45.1 Å². The van der Waals surface area contributed by atoms with Crippen LogP contribution in [-0.4, -0.2) is 25.3 Å². The van der Waals surface area contributed by atoms with Crippen molar-refractivity contribution in [2.45, 2.75) is 57.9 Å². The van der Waals surface area contributed by atoms with Gasteiger partial charge in [0.25, 0.3) is 0 Å². The number of hydrogen-bond acceptors (Lipinski definition) is 3. The fourth-order valence-electron chi connectivity index (χ4n) is 1.87. The lowest BCUT2D eigenvalue weighted by atomic mass is 9.98. The molecule has 3 heteroatoms. The molecule has 98 valence electrons. The lowest BCUT2D eigenvalue weighted by Gasteiger charge is -2.22. The molecule has 1 N–H and O–H groups in total. The first-order valence-corrected chi connectivity index (χ1v) is 6.94. The quantitative estimate of drug-likeness (QED) is 0.595. The summed E-state index contributed by atoms with van der Waals surface area (Å²) in [5.41, 5.74) is -0.379. The van der Waals surface area contributed by atoms with E-state index in [1.807, 2.05) is 6.92 Å². The molecule has 0 aromatic rings. The molecule has 0 spiro atoms. The summed E-state index contributed by atoms with van der Waals surface area (Å²) in [6.07, 6.45) is 6.92. The van der Waals surface area contributed by atoms with Crippen molar-refractivity contribution >= 4 is 0 Å². The maximum absolute atomic E-state index is 9.14. The Morgan fingerprint density at radius 3 is 2.76 bits per heavy atom. The van der Waals surface area contributed by atoms with Gasteiger partial charge in [0.05, 0.1) is 6.07 Å². The molecule has 0 amide bonds. The van der Waals surface area contributed by atoms with Crippen molar-refractivity contribution in [3.8, 4) is 6.07 Å². The topological polar surface area (TPSA) is 45.0 Å². The predicted molar refractivity (Wildman–Crippen MR) is 69.7 cm³/mol. The van der Waals surface area contributed by atoms with Gasteiger partial charge in [-0.1, -0.05) is 19.8 Å². The van der Waals surface area contributed by atoms with Crippen molar-refractivity contribution in [1.29, 1.82) is 5.26 Å². The Labute approximate surface area is 106 Å². The molecule has 17 heavy (non-hydrogen) atoms. The Bertz CT molecular complexity index is 245. The minimum atomic E-state index is -0.379. The Morgan fingerprint density at radius 1 is 1.41 bits per heavy atom. The van der Waals surface area contributed by atoms with Gasteiger partial charge >= 0.3 is 0 Å². The van der Waals surface area contributed by atoms with Crippen LogP contribution in [0.1, 0.15) is 52.4 Å². The summed E-state index contributed by atoms with van der Waals surface area (Å²) in [5.74, 6) is 0.950. The molecule has 1 fully saturated rings. The van der Waals surface area contributed by atoms with Gasteiger partial charge in [0.15, 0.2) is 0 Å². The molecule has 0 saturated heterocycles. The summed E-state index contributed by atoms with van der Waals surface area (Å²) in [6, 6.07) is 2.37. The first-order valence-electron chi connectivity index (χ1n) is 6.94. The van der Waals surface area contributed by atoms with Crippen LogP contribution in [0.15, 0.2) is 0 Å². The van der Waals surface area contributed by atoms with E-state index in [0.717, 1.165) is 44.9 Å². The summed E-state index contributed by atoms with van der Waals surface area (Å²) in [7, 11) is 0. The van der Waals surface area contributed by atoms with Crippen molar-refractivity contribution in [3.63, 3.8) is 0 Å². The van der Waals surface area contributed by atoms with Crippen molar-refractivity contribution in [2.24, 2.45) is 5.92 Å². The summed E-state index contributed by atoms with van der Waals surface area (Å²) < 4.78 is 5.59. The fraction of sp³-hybridized carbons (Fsp3) is 0.929. The summed E-state index contributed by atoms with van der Waals surface area (Å²) >= 11 is 0. The third-order valence-corrected chi connectivity index (χ3v) is 3.34. The van der Waals surface area contributed by atoms with Crippen molar-refractivity contribution in [2.75, 3.05) is 19.8 Å². The Morgan fingerprint density at radius 2 is 2.18 bits per heavy atom. The average Bonchev–Trinajstić information content (AvgIpc) is 3.15. The first-order chi connectivity index (χ1) is 8.20. The zero-order valence-electron chi connectivity index (χ0n) is 11.3. The van der Waals surface area contributed by atoms with E-state index in [-0.39, 0.29) is 5.54 Å². The maximum atomic E-state index is 9.14. The van der Waals surface area contributed by atoms with E-state index in [1.165, 1.54) is 19.3 Å². The summed E-state index contributed by atoms with van der Waals surface area (Å²) in [5, 5.41) is 12.4. The van der Waals surface area contributed by atoms with Gasteiger partial charge in [0.2, 0.25) is 0 Å². The van der Waals surface area contributed by atoms with Crippen molar-refractivity contribution in [3.05, 3.63) is 0 Å². The normalized spacial score (nSPS) is 18.6. The van der Waals surface area contributed by atoms with Crippen LogP contribution in [0.2, 0.25) is 0 Å². The van der Waals surface area contributed by atoms with Crippen LogP contribution in [0.4, 0.5) is 0 Å². The minimum absolute atomic E-state index is 0.379. The van der Waals surface area contributed by atoms with Crippen LogP contribution in [0.5, 0.6) is 0 Å². The molecule has 1 aliphatic carbocycles. The molecule has 1 atom stereocenters. The highest BCUT2D eigenvalue weighted by Crippen LogP contribution is 2.32. The van der Waals surface area contributed by atoms with Gasteiger partial charge in [-0.15, -0.1) is 0 Å². The van der Waals surface area contributed by atoms with Crippen LogP contribution >= 0.6 is 0 Å². The fourth-order valence-corrected chi connectivity index (χ4v) is 1.87. The number of ether oxygens (including phenoxy) is 1. The SMILES string of the molecule is CCCNC(C)(C#N)CCCOCCC1CC1. The van der Waals surface area contributed by atoms with Gasteiger partial charge in [0, 0.05) is 13.2 Å². The second kappa shape index (κ2) is 7.68. The largest absolute Gasteiger partial charge is 0.381 e. The number of rotatable bonds is 10. The van der Waals surface area contributed by atoms with Crippen LogP contribution in [0.25, 0.3) is 0 Å². The molecule has 1 unspecified atom stereocenters. The van der Waals surface area contributed by atoms with Gasteiger partial charge in [-0.25, -0.2) is 0 Å². The molecule has 3 nitrogen and oxygen atoms in total. The molecule has 1 saturated carbocycles. The maximum Gasteiger partial charge on any atom is 0.104 e. The van der Waals surface area contributed by atoms with Crippen molar-refractivity contribution in [1.82, 2.24) is 5.32 Å². The molecule has 1 rings (SSSR count). The highest BCUT2D eigenvalue weighted by atomic mass is 16.5. The van der Waals surface area contributed by atoms with E-state index in [9.17, 15) is 0 Å². The molecule has 0 aliphatic heterocycles. The second-order valence-electron chi connectivity index (χ2n) is 5.32. The van der Waals surface area contributed by atoms with E-state index in [4.69, 9.17) is 10.00 Å². The van der Waals surface area contributed by atoms with Crippen LogP contribution in [0, 0.1) is 17.2 Å². The molecule has 0 bridgehead atoms. The molecule has 0 heterocycles. The molecule has 1 aliphatic rings. The lowest BCUT2D eigenvalue weighted by Crippen LogP contribution is -2.41. The predicted octanol–water partition coefficient (Wildman–Crippen LogP) is 2.87. The van der Waals surface area contributed by atoms with E-state index < -0.39 is 0 Å². The average molecular weight is 238 g/mol. The second-order valence-corrected chi connectivity index (χ2v) is 5.32. The van der Waals surface area contributed by atoms with E-state index in [2.05, 4.69) is 18.3 Å². The Kier molecular flexibility index (Phi) is 6.54. The molecular weight excluding hydrogens is 212 g/mol. The van der Waals surface area contributed by atoms with Crippen LogP contribution < -0.4 is 5.32 Å². The standard InChI is InChI=1S/C14H26N2O/c1-3-9-16-14(2,12-15)8-4-10-17-11-7-13-5-6-13/h13,16H,3-11H2,1-2H3. The molecular formula is C14H26N2O. The number of nitrogens with zero attached hydrogens (tertiary/aromatic N) is 1. The van der Waals surface area contributed by atoms with Crippen molar-refractivity contribution < 1.29 is 4.74 Å². The number of nitriles is 1. The summed E-state index contributed by atoms with van der Waals surface area (Å²) in [4.78, 5) is 0. The monoisotopic (exact) mass is 238 g/mol. The zero-order chi connectivity index (χ0) is 12.6. The van der Waals surface area contributed by atoms with Crippen LogP contribution in [-0.2, 0) is 4.74 Å². The zero-order valence-corrected chi connectivity index (χ0v) is 11.3. The third-order valence-electron chi connectivity index (χ3n) is 3.34. The van der Waals surface area contributed by atoms with E-state index in [1.54, 1.807) is 0 Å². The highest BCUT2D eigenvalue weighted by Gasteiger charge is 2.22. The molecule has 0 aromatic heterocycles. The number of nitrogens with one attached hydrogen (secondary N) is 1. The van der Waals surface area contributed by atoms with E-state index >= 15 is 0 Å². The Balaban J connectivity index is 1.99. The van der Waals surface area contributed by atoms with Gasteiger partial charge < -0.3 is 4.74 Å². The van der Waals surface area contributed by atoms with Gasteiger partial charge in [-0.2, -0.15) is 5.26 Å². The van der Waals surface area contributed by atoms with Gasteiger partial charge in [0.1, 0.15) is 5.54 Å². The summed E-state index contributed by atoms with van der Waals surface area (Å²) in [6.45, 7) is 6.69. The number of hydrogen-bond donors (Lipinski definition) is 1. The molecule has 0 radical (unpaired) electrons. The minimum Gasteiger partial charge on any atom is -0.381 e. The highest BCUT2D eigenvalue weighted by molar-refractivity contribution is 5.03. The third kappa shape index (κ3) is 6.65. The van der Waals surface area contributed by atoms with Gasteiger partial charge in [-0.3, -0.25) is 5.32 Å². The van der Waals surface area contributed by atoms with E-state index in [0.29, 0.717) is 0 Å². The van der Waals surface area contributed by atoms with Crippen LogP contribution in [0.3, 0.4) is 0 Å².